The molecule has 0 unspecified atom stereocenters. The standard InChI is InChI=1S/C30H37N3O5/c1-36-15-14-33(29(35)31-20-23-8-9-25-6-4-5-7-26(25)16-23)30(22-34)10-12-32(13-11-30)21-24-17-27(37-2)19-28(18-24)38-3/h4-9,16-19,22H,10-15,20-21H2,1-3H3,(H,31,35). The summed E-state index contributed by atoms with van der Waals surface area (Å²) in [6.45, 7) is 3.14. The summed E-state index contributed by atoms with van der Waals surface area (Å²) in [5, 5.41) is 5.32. The lowest BCUT2D eigenvalue weighted by Crippen LogP contribution is -2.61. The number of urea groups is 1. The Labute approximate surface area is 224 Å². The summed E-state index contributed by atoms with van der Waals surface area (Å²) in [6.07, 6.45) is 2.04. The SMILES string of the molecule is COCCN(C(=O)NCc1ccc2ccccc2c1)C1(C=O)CCN(Cc2cc(OC)cc(OC)c2)CC1. The Morgan fingerprint density at radius 3 is 2.26 bits per heavy atom. The van der Waals surface area contributed by atoms with Crippen LogP contribution in [0.3, 0.4) is 0 Å². The van der Waals surface area contributed by atoms with Crippen molar-refractivity contribution in [3.63, 3.8) is 0 Å². The maximum atomic E-state index is 13.4. The highest BCUT2D eigenvalue weighted by molar-refractivity contribution is 5.83. The number of nitrogens with one attached hydrogen (secondary N) is 1. The van der Waals surface area contributed by atoms with Gasteiger partial charge in [-0.25, -0.2) is 4.79 Å². The number of aldehydes is 1. The van der Waals surface area contributed by atoms with E-state index in [1.807, 2.05) is 36.4 Å². The topological polar surface area (TPSA) is 80.3 Å². The van der Waals surface area contributed by atoms with E-state index in [1.54, 1.807) is 26.2 Å². The molecule has 1 heterocycles. The third kappa shape index (κ3) is 6.44. The zero-order valence-electron chi connectivity index (χ0n) is 22.4. The highest BCUT2D eigenvalue weighted by Crippen LogP contribution is 2.30. The number of amides is 2. The number of likely N-dealkylation sites (tertiary alicyclic amines) is 1. The van der Waals surface area contributed by atoms with Gasteiger partial charge in [-0.1, -0.05) is 36.4 Å². The van der Waals surface area contributed by atoms with E-state index in [4.69, 9.17) is 14.2 Å². The Bertz CT molecular complexity index is 1220. The summed E-state index contributed by atoms with van der Waals surface area (Å²) in [5.74, 6) is 1.49. The molecule has 3 aromatic rings. The van der Waals surface area contributed by atoms with Crippen LogP contribution in [0, 0.1) is 0 Å². The minimum absolute atomic E-state index is 0.256. The van der Waals surface area contributed by atoms with Crippen LogP contribution in [-0.4, -0.2) is 75.2 Å². The fourth-order valence-electron chi connectivity index (χ4n) is 5.10. The first-order valence-electron chi connectivity index (χ1n) is 12.9. The summed E-state index contributed by atoms with van der Waals surface area (Å²) < 4.78 is 16.1. The molecule has 2 amide bonds. The summed E-state index contributed by atoms with van der Waals surface area (Å²) in [6, 6.07) is 19.9. The summed E-state index contributed by atoms with van der Waals surface area (Å²) in [7, 11) is 4.87. The van der Waals surface area contributed by atoms with E-state index in [9.17, 15) is 9.59 Å². The van der Waals surface area contributed by atoms with Crippen molar-refractivity contribution in [3.05, 3.63) is 71.8 Å². The number of methoxy groups -OCH3 is 3. The molecule has 3 aromatic carbocycles. The van der Waals surface area contributed by atoms with Crippen LogP contribution in [-0.2, 0) is 22.6 Å². The maximum Gasteiger partial charge on any atom is 0.318 e. The first kappa shape index (κ1) is 27.4. The minimum atomic E-state index is -0.880. The van der Waals surface area contributed by atoms with Crippen LogP contribution in [0.25, 0.3) is 10.8 Å². The second-order valence-corrected chi connectivity index (χ2v) is 9.70. The first-order chi connectivity index (χ1) is 18.5. The van der Waals surface area contributed by atoms with E-state index < -0.39 is 5.54 Å². The highest BCUT2D eigenvalue weighted by Gasteiger charge is 2.42. The van der Waals surface area contributed by atoms with Gasteiger partial charge in [-0.2, -0.15) is 0 Å². The molecule has 0 atom stereocenters. The van der Waals surface area contributed by atoms with Crippen molar-refractivity contribution in [2.45, 2.75) is 31.5 Å². The van der Waals surface area contributed by atoms with E-state index in [1.165, 1.54) is 0 Å². The van der Waals surface area contributed by atoms with Gasteiger partial charge >= 0.3 is 6.03 Å². The quantitative estimate of drug-likeness (QED) is 0.382. The molecule has 8 heteroatoms. The molecule has 0 spiro atoms. The van der Waals surface area contributed by atoms with Gasteiger partial charge in [0.2, 0.25) is 0 Å². The van der Waals surface area contributed by atoms with Crippen molar-refractivity contribution in [3.8, 4) is 11.5 Å². The Hall–Kier alpha value is -3.62. The second kappa shape index (κ2) is 12.8. The molecular formula is C30H37N3O5. The fraction of sp³-hybridized carbons (Fsp3) is 0.400. The lowest BCUT2D eigenvalue weighted by Gasteiger charge is -2.45. The largest absolute Gasteiger partial charge is 0.497 e. The molecule has 38 heavy (non-hydrogen) atoms. The van der Waals surface area contributed by atoms with Crippen LogP contribution in [0.4, 0.5) is 4.79 Å². The van der Waals surface area contributed by atoms with Crippen molar-refractivity contribution in [1.29, 1.82) is 0 Å². The minimum Gasteiger partial charge on any atom is -0.497 e. The number of rotatable bonds is 11. The first-order valence-corrected chi connectivity index (χ1v) is 12.9. The normalized spacial score (nSPS) is 15.1. The monoisotopic (exact) mass is 519 g/mol. The van der Waals surface area contributed by atoms with E-state index in [-0.39, 0.29) is 6.03 Å². The molecule has 0 radical (unpaired) electrons. The van der Waals surface area contributed by atoms with Gasteiger partial charge < -0.3 is 29.2 Å². The van der Waals surface area contributed by atoms with Crippen molar-refractivity contribution >= 4 is 23.1 Å². The molecule has 0 saturated carbocycles. The third-order valence-electron chi connectivity index (χ3n) is 7.32. The summed E-state index contributed by atoms with van der Waals surface area (Å²) in [5.41, 5.74) is 1.20. The number of fused-ring (bicyclic) bond motifs is 1. The highest BCUT2D eigenvalue weighted by atomic mass is 16.5. The molecule has 0 aliphatic carbocycles. The number of carbonyl (C=O) groups is 2. The van der Waals surface area contributed by atoms with Gasteiger partial charge in [0.15, 0.2) is 0 Å². The van der Waals surface area contributed by atoms with Gasteiger partial charge in [0.25, 0.3) is 0 Å². The molecule has 4 rings (SSSR count). The number of benzene rings is 3. The molecule has 202 valence electrons. The number of hydrogen-bond acceptors (Lipinski definition) is 6. The molecule has 0 bridgehead atoms. The lowest BCUT2D eigenvalue weighted by molar-refractivity contribution is -0.120. The molecular weight excluding hydrogens is 482 g/mol. The van der Waals surface area contributed by atoms with E-state index in [2.05, 4.69) is 34.5 Å². The Balaban J connectivity index is 1.42. The van der Waals surface area contributed by atoms with Gasteiger partial charge in [0.05, 0.1) is 20.8 Å². The van der Waals surface area contributed by atoms with Gasteiger partial charge in [-0.15, -0.1) is 0 Å². The average molecular weight is 520 g/mol. The lowest BCUT2D eigenvalue weighted by atomic mass is 9.87. The van der Waals surface area contributed by atoms with E-state index in [0.717, 1.165) is 39.7 Å². The van der Waals surface area contributed by atoms with Crippen molar-refractivity contribution in [1.82, 2.24) is 15.1 Å². The van der Waals surface area contributed by atoms with Crippen LogP contribution in [0.1, 0.15) is 24.0 Å². The van der Waals surface area contributed by atoms with Crippen molar-refractivity contribution in [2.24, 2.45) is 0 Å². The van der Waals surface area contributed by atoms with Gasteiger partial charge in [0.1, 0.15) is 23.3 Å². The second-order valence-electron chi connectivity index (χ2n) is 9.70. The van der Waals surface area contributed by atoms with Crippen molar-refractivity contribution in [2.75, 3.05) is 47.6 Å². The molecule has 1 saturated heterocycles. The third-order valence-corrected chi connectivity index (χ3v) is 7.32. The number of piperidine rings is 1. The van der Waals surface area contributed by atoms with Crippen LogP contribution in [0.5, 0.6) is 11.5 Å². The summed E-state index contributed by atoms with van der Waals surface area (Å²) in [4.78, 5) is 29.9. The van der Waals surface area contributed by atoms with Crippen molar-refractivity contribution < 1.29 is 23.8 Å². The van der Waals surface area contributed by atoms with Gasteiger partial charge in [-0.3, -0.25) is 4.90 Å². The Morgan fingerprint density at radius 2 is 1.63 bits per heavy atom. The molecule has 0 aromatic heterocycles. The maximum absolute atomic E-state index is 13.4. The molecule has 8 nitrogen and oxygen atoms in total. The smallest absolute Gasteiger partial charge is 0.318 e. The zero-order chi connectivity index (χ0) is 27.0. The van der Waals surface area contributed by atoms with Crippen LogP contribution < -0.4 is 14.8 Å². The number of ether oxygens (including phenoxy) is 3. The number of nitrogens with zero attached hydrogens (tertiary/aromatic N) is 2. The molecule has 1 N–H and O–H groups in total. The van der Waals surface area contributed by atoms with Crippen LogP contribution in [0.2, 0.25) is 0 Å². The van der Waals surface area contributed by atoms with Gasteiger partial charge in [-0.05, 0) is 52.9 Å². The Kier molecular flexibility index (Phi) is 9.20. The molecule has 1 aliphatic rings. The number of carbonyl (C=O) groups excluding carboxylic acids is 2. The van der Waals surface area contributed by atoms with Crippen LogP contribution >= 0.6 is 0 Å². The molecule has 1 fully saturated rings. The molecule has 1 aliphatic heterocycles. The predicted molar refractivity (Wildman–Crippen MR) is 148 cm³/mol. The number of hydrogen-bond donors (Lipinski definition) is 1. The fourth-order valence-corrected chi connectivity index (χ4v) is 5.10. The zero-order valence-corrected chi connectivity index (χ0v) is 22.4. The van der Waals surface area contributed by atoms with Gasteiger partial charge in [0, 0.05) is 45.9 Å². The average Bonchev–Trinajstić information content (AvgIpc) is 2.96. The summed E-state index contributed by atoms with van der Waals surface area (Å²) >= 11 is 0. The van der Waals surface area contributed by atoms with E-state index in [0.29, 0.717) is 52.2 Å². The van der Waals surface area contributed by atoms with E-state index >= 15 is 0 Å². The van der Waals surface area contributed by atoms with Crippen LogP contribution in [0.15, 0.2) is 60.7 Å². The Morgan fingerprint density at radius 1 is 0.947 bits per heavy atom. The predicted octanol–water partition coefficient (Wildman–Crippen LogP) is 4.25.